The van der Waals surface area contributed by atoms with Gasteiger partial charge in [-0.25, -0.2) is 29.9 Å². The van der Waals surface area contributed by atoms with Crippen LogP contribution in [0.4, 0.5) is 5.82 Å². The van der Waals surface area contributed by atoms with Crippen LogP contribution >= 0.6 is 82.6 Å². The quantitative estimate of drug-likeness (QED) is 0.0317. The number of fused-ring (bicyclic) bond motifs is 4. The van der Waals surface area contributed by atoms with Crippen molar-refractivity contribution in [1.82, 2.24) is 59.0 Å². The van der Waals surface area contributed by atoms with Crippen LogP contribution in [0.5, 0.6) is 0 Å². The SMILES string of the molecule is C.Cc1ncc(-c2ccc3cnc(CC(=O)Cn4ccnc4)cc3c2)o1.Cc1ncc(B2OC(C)(C)C(C)(C)O2)o1.Nc1cc2cc(Br)ccc2cn1.O=C(CCl)Cc1cc2cc(Br)ccc2cn1.O=C(CCl)OC(=O)CCl.O=C(Cc1cc2cc(Br)ccc2cn1)Cn1ccnc1.[CH3-].[V].c1c[nH]cn1. The first-order chi connectivity index (χ1) is 48.8. The standard InChI is InChI=1S/C19H16N4O2.C15H12BrN3O.C12H9BrClNO.C10H16BNO3.C9H7BrN2.C4H4Cl2O3.C3H4N2.CH4.CH3.V/c1-13-21-10-19(25-13)14-2-3-15-9-22-17(7-16(15)6-14)8-18(24)11-23-5-4-20-12-23;16-13-2-1-11-8-18-14(6-12(11)5-13)7-15(20)9-19-4-3-17-10-19;13-10-2-1-8-7-15-11(4-9(8)3-10)5-12(16)6-14;1-7-12-6-8(13-7)11-14-9(2,3)10(4,5)15-11;10-8-2-1-6-5-12-9(11)4-7(6)3-8;5-1-3(7)9-4(8)2-6;1-2-5-3-4-1;;;/h2-7,9-10,12H,8,11H2,1H3;1-6,8,10H,7,9H2;1-4,7H,5-6H2;6H,1-5H3;1-5H,(H2,11,12);1-2H2;1-3H,(H,4,5);1H4;1H3;/q;;;;;;;;-1;. The second-order valence-corrected chi connectivity index (χ2v) is 27.0. The van der Waals surface area contributed by atoms with Crippen LogP contribution in [0.25, 0.3) is 54.4 Å². The number of nitrogens with one attached hydrogen (secondary N) is 1. The second-order valence-electron chi connectivity index (χ2n) is 23.4. The van der Waals surface area contributed by atoms with Crippen LogP contribution in [-0.4, -0.2) is 124 Å². The van der Waals surface area contributed by atoms with Crippen molar-refractivity contribution in [3.05, 3.63) is 240 Å². The maximum Gasteiger partial charge on any atom is 0.534 e. The van der Waals surface area contributed by atoms with Gasteiger partial charge in [0.2, 0.25) is 0 Å². The molecule has 547 valence electrons. The summed E-state index contributed by atoms with van der Waals surface area (Å²) in [6.45, 7) is 12.3. The number of ketones is 3. The number of aryl methyl sites for hydroxylation is 2. The number of nitrogens with zero attached hydrogens (tertiary/aromatic N) is 11. The molecule has 0 amide bonds. The molecular weight excluding hydrogens is 1640 g/mol. The fourth-order valence-corrected chi connectivity index (χ4v) is 10.7. The summed E-state index contributed by atoms with van der Waals surface area (Å²) in [7, 11) is -0.448. The third-order valence-corrected chi connectivity index (χ3v) is 17.2. The molecule has 13 aromatic rings. The third-order valence-electron chi connectivity index (χ3n) is 15.0. The van der Waals surface area contributed by atoms with Crippen molar-refractivity contribution >= 4 is 174 Å². The predicted octanol–water partition coefficient (Wildman–Crippen LogP) is 15.4. The molecule has 9 aromatic heterocycles. The van der Waals surface area contributed by atoms with Gasteiger partial charge >= 0.3 is 19.1 Å². The number of hydrogen-bond donors (Lipinski definition) is 2. The summed E-state index contributed by atoms with van der Waals surface area (Å²) in [6.07, 6.45) is 26.7. The van der Waals surface area contributed by atoms with Crippen molar-refractivity contribution < 1.29 is 65.4 Å². The number of alkyl halides is 3. The van der Waals surface area contributed by atoms with Crippen LogP contribution in [-0.2, 0) is 88.9 Å². The van der Waals surface area contributed by atoms with Gasteiger partial charge in [-0.15, -0.1) is 34.8 Å². The summed E-state index contributed by atoms with van der Waals surface area (Å²) >= 11 is 25.7. The number of ether oxygens (including phenoxy) is 1. The van der Waals surface area contributed by atoms with E-state index in [2.05, 4.69) is 102 Å². The average Bonchev–Trinajstić information content (AvgIpc) is 1.63. The van der Waals surface area contributed by atoms with Crippen molar-refractivity contribution in [3.8, 4) is 11.3 Å². The van der Waals surface area contributed by atoms with Gasteiger partial charge < -0.3 is 50.2 Å². The van der Waals surface area contributed by atoms with Gasteiger partial charge in [0.1, 0.15) is 17.6 Å². The summed E-state index contributed by atoms with van der Waals surface area (Å²) in [5.74, 6) is 0.568. The normalized spacial score (nSPS) is 12.0. The monoisotopic (exact) mass is 1710 g/mol. The summed E-state index contributed by atoms with van der Waals surface area (Å²) in [6, 6.07) is 31.7. The van der Waals surface area contributed by atoms with Crippen LogP contribution in [0.1, 0.15) is 64.0 Å². The summed E-state index contributed by atoms with van der Waals surface area (Å²) in [4.78, 5) is 95.1. The minimum atomic E-state index is -0.776. The number of pyridine rings is 4. The number of aromatic nitrogens is 12. The average molecular weight is 1710 g/mol. The summed E-state index contributed by atoms with van der Waals surface area (Å²) in [5, 5.41) is 8.54. The number of H-pyrrole nitrogens is 1. The molecule has 1 aliphatic heterocycles. The predicted molar refractivity (Wildman–Crippen MR) is 417 cm³/mol. The number of imidazole rings is 3. The van der Waals surface area contributed by atoms with E-state index in [1.165, 1.54) is 0 Å². The topological polar surface area (TPSA) is 307 Å². The Balaban J connectivity index is 0.000000227. The number of oxazole rings is 2. The molecular formula is C74H75BBr3Cl3N13O10V-. The smallest absolute Gasteiger partial charge is 0.450 e. The number of benzene rings is 4. The molecule has 10 heterocycles. The molecule has 0 atom stereocenters. The number of anilines is 1. The fraction of sp³-hybridized carbons (Fsp3) is 0.230. The number of hydrogen-bond acceptors (Lipinski definition) is 20. The van der Waals surface area contributed by atoms with Gasteiger partial charge in [0, 0.05) is 158 Å². The molecule has 105 heavy (non-hydrogen) atoms. The zero-order valence-corrected chi connectivity index (χ0v) is 65.8. The van der Waals surface area contributed by atoms with E-state index in [1.54, 1.807) is 103 Å². The zero-order chi connectivity index (χ0) is 73.3. The van der Waals surface area contributed by atoms with Crippen LogP contribution in [0.15, 0.2) is 213 Å². The summed E-state index contributed by atoms with van der Waals surface area (Å²) < 4.78 is 33.2. The maximum atomic E-state index is 12.2. The molecule has 23 nitrogen and oxygen atoms in total. The van der Waals surface area contributed by atoms with Gasteiger partial charge in [-0.3, -0.25) is 38.9 Å². The van der Waals surface area contributed by atoms with Gasteiger partial charge in [0.25, 0.3) is 0 Å². The maximum absolute atomic E-state index is 12.2. The Kier molecular flexibility index (Phi) is 35.2. The first kappa shape index (κ1) is 87.0. The first-order valence-electron chi connectivity index (χ1n) is 31.1. The minimum absolute atomic E-state index is 0. The number of carbonyl (C=O) groups is 5. The van der Waals surface area contributed by atoms with Gasteiger partial charge in [-0.1, -0.05) is 85.5 Å². The van der Waals surface area contributed by atoms with E-state index < -0.39 is 19.1 Å². The van der Waals surface area contributed by atoms with E-state index >= 15 is 0 Å². The molecule has 1 aliphatic rings. The number of carbonyl (C=O) groups excluding carboxylic acids is 5. The van der Waals surface area contributed by atoms with Crippen molar-refractivity contribution in [2.45, 2.75) is 92.5 Å². The Morgan fingerprint density at radius 2 is 0.952 bits per heavy atom. The molecule has 0 spiro atoms. The zero-order valence-electron chi connectivity index (χ0n) is 57.4. The Morgan fingerprint density at radius 3 is 1.33 bits per heavy atom. The molecule has 1 radical (unpaired) electrons. The third kappa shape index (κ3) is 27.7. The molecule has 0 bridgehead atoms. The fourth-order valence-electron chi connectivity index (χ4n) is 9.34. The van der Waals surface area contributed by atoms with E-state index in [0.717, 1.165) is 84.9 Å². The molecule has 0 aliphatic carbocycles. The van der Waals surface area contributed by atoms with Gasteiger partial charge in [-0.05, 0) is 116 Å². The van der Waals surface area contributed by atoms with Crippen molar-refractivity contribution in [1.29, 1.82) is 0 Å². The molecule has 3 N–H and O–H groups in total. The molecule has 0 saturated carbocycles. The Hall–Kier alpha value is -8.60. The number of rotatable bonds is 15. The van der Waals surface area contributed by atoms with Crippen molar-refractivity contribution in [3.63, 3.8) is 0 Å². The Morgan fingerprint density at radius 1 is 0.524 bits per heavy atom. The van der Waals surface area contributed by atoms with E-state index in [1.807, 2.05) is 138 Å². The summed E-state index contributed by atoms with van der Waals surface area (Å²) in [5.41, 5.74) is 8.77. The van der Waals surface area contributed by atoms with E-state index in [0.29, 0.717) is 55.6 Å². The molecule has 0 unspecified atom stereocenters. The molecule has 1 saturated heterocycles. The minimum Gasteiger partial charge on any atom is -0.450 e. The van der Waals surface area contributed by atoms with Gasteiger partial charge in [-0.2, -0.15) is 0 Å². The number of halogens is 6. The van der Waals surface area contributed by atoms with Crippen molar-refractivity contribution in [2.75, 3.05) is 23.4 Å². The van der Waals surface area contributed by atoms with E-state index in [9.17, 15) is 24.0 Å². The number of Topliss-reactive ketones (excluding diaryl/α,β-unsaturated/α-hetero) is 3. The Labute approximate surface area is 660 Å². The largest absolute Gasteiger partial charge is 0.534 e. The van der Waals surface area contributed by atoms with Crippen molar-refractivity contribution in [2.24, 2.45) is 0 Å². The second kappa shape index (κ2) is 42.5. The number of nitrogen functional groups attached to an aromatic ring is 1. The van der Waals surface area contributed by atoms with E-state index in [-0.39, 0.29) is 79.6 Å². The molecule has 4 aromatic carbocycles. The van der Waals surface area contributed by atoms with Gasteiger partial charge in [0.15, 0.2) is 40.6 Å². The van der Waals surface area contributed by atoms with Gasteiger partial charge in [0.05, 0.1) is 74.4 Å². The molecule has 31 heteroatoms. The molecule has 14 rings (SSSR count). The number of aromatic amines is 1. The van der Waals surface area contributed by atoms with Crippen LogP contribution in [0.3, 0.4) is 0 Å². The molecule has 1 fully saturated rings. The van der Waals surface area contributed by atoms with E-state index in [4.69, 9.17) is 58.7 Å². The number of nitrogens with two attached hydrogens (primary N) is 1. The van der Waals surface area contributed by atoms with Crippen LogP contribution in [0, 0.1) is 21.3 Å². The van der Waals surface area contributed by atoms with Crippen LogP contribution in [0.2, 0.25) is 0 Å². The first-order valence-corrected chi connectivity index (χ1v) is 35.1. The number of esters is 2. The Bertz CT molecular complexity index is 4860. The van der Waals surface area contributed by atoms with Crippen LogP contribution < -0.4 is 11.4 Å².